The second kappa shape index (κ2) is 8.59. The van der Waals surface area contributed by atoms with Crippen molar-refractivity contribution in [2.24, 2.45) is 5.92 Å². The molecule has 1 aromatic carbocycles. The zero-order chi connectivity index (χ0) is 13.4. The van der Waals surface area contributed by atoms with Crippen LogP contribution in [0.4, 0.5) is 0 Å². The smallest absolute Gasteiger partial charge is 0.252 e. The Bertz CT molecular complexity index is 384. The fourth-order valence-electron chi connectivity index (χ4n) is 1.66. The highest BCUT2D eigenvalue weighted by Crippen LogP contribution is 2.19. The van der Waals surface area contributed by atoms with Crippen molar-refractivity contribution in [2.45, 2.75) is 24.7 Å². The first-order valence-electron chi connectivity index (χ1n) is 6.16. The number of benzene rings is 1. The van der Waals surface area contributed by atoms with Crippen LogP contribution < -0.4 is 5.32 Å². The van der Waals surface area contributed by atoms with Gasteiger partial charge in [-0.1, -0.05) is 35.0 Å². The van der Waals surface area contributed by atoms with Crippen LogP contribution in [0.5, 0.6) is 0 Å². The molecule has 1 atom stereocenters. The van der Waals surface area contributed by atoms with Crippen LogP contribution in [-0.2, 0) is 0 Å². The average Bonchev–Trinajstić information content (AvgIpc) is 2.42. The van der Waals surface area contributed by atoms with Crippen molar-refractivity contribution in [3.63, 3.8) is 0 Å². The van der Waals surface area contributed by atoms with Gasteiger partial charge in [-0.25, -0.2) is 0 Å². The number of carbonyl (C=O) groups excluding carboxylic acids is 1. The number of halogens is 1. The van der Waals surface area contributed by atoms with E-state index >= 15 is 0 Å². The van der Waals surface area contributed by atoms with Gasteiger partial charge in [0, 0.05) is 16.8 Å². The number of hydrogen-bond acceptors (Lipinski definition) is 2. The normalized spacial score (nSPS) is 12.2. The van der Waals surface area contributed by atoms with Crippen LogP contribution in [-0.4, -0.2) is 24.0 Å². The molecule has 0 saturated heterocycles. The van der Waals surface area contributed by atoms with Gasteiger partial charge >= 0.3 is 0 Å². The maximum Gasteiger partial charge on any atom is 0.252 e. The van der Waals surface area contributed by atoms with Crippen LogP contribution in [0.1, 0.15) is 30.1 Å². The van der Waals surface area contributed by atoms with Gasteiger partial charge < -0.3 is 5.32 Å². The molecule has 2 nitrogen and oxygen atoms in total. The Morgan fingerprint density at radius 2 is 2.17 bits per heavy atom. The van der Waals surface area contributed by atoms with E-state index in [9.17, 15) is 4.79 Å². The summed E-state index contributed by atoms with van der Waals surface area (Å²) in [6.07, 6.45) is 4.15. The molecule has 1 N–H and O–H groups in total. The van der Waals surface area contributed by atoms with Crippen molar-refractivity contribution < 1.29 is 4.79 Å². The molecule has 0 radical (unpaired) electrons. The number of alkyl halides is 1. The summed E-state index contributed by atoms with van der Waals surface area (Å²) >= 11 is 5.07. The molecule has 0 aliphatic rings. The molecule has 0 aliphatic carbocycles. The van der Waals surface area contributed by atoms with Crippen LogP contribution in [0.3, 0.4) is 0 Å². The predicted molar refractivity (Wildman–Crippen MR) is 82.7 cm³/mol. The van der Waals surface area contributed by atoms with Gasteiger partial charge in [0.15, 0.2) is 0 Å². The third kappa shape index (κ3) is 5.02. The van der Waals surface area contributed by atoms with E-state index < -0.39 is 0 Å². The largest absolute Gasteiger partial charge is 0.352 e. The molecule has 0 aliphatic heterocycles. The summed E-state index contributed by atoms with van der Waals surface area (Å²) in [5.74, 6) is 0.701. The van der Waals surface area contributed by atoms with E-state index in [2.05, 4.69) is 28.2 Å². The van der Waals surface area contributed by atoms with Gasteiger partial charge in [-0.05, 0) is 37.1 Å². The van der Waals surface area contributed by atoms with Crippen molar-refractivity contribution in [1.82, 2.24) is 5.32 Å². The van der Waals surface area contributed by atoms with Gasteiger partial charge in [0.1, 0.15) is 0 Å². The monoisotopic (exact) mass is 329 g/mol. The molecule has 1 unspecified atom stereocenters. The van der Waals surface area contributed by atoms with Gasteiger partial charge in [0.25, 0.3) is 5.91 Å². The molecule has 0 fully saturated rings. The Hall–Kier alpha value is -0.480. The molecule has 100 valence electrons. The summed E-state index contributed by atoms with van der Waals surface area (Å²) in [5.41, 5.74) is 0.776. The molecule has 4 heteroatoms. The lowest BCUT2D eigenvalue weighted by Gasteiger charge is -2.10. The van der Waals surface area contributed by atoms with E-state index in [1.165, 1.54) is 0 Å². The summed E-state index contributed by atoms with van der Waals surface area (Å²) in [6.45, 7) is 2.96. The maximum atomic E-state index is 12.0. The summed E-state index contributed by atoms with van der Waals surface area (Å²) < 4.78 is 0. The molecule has 0 saturated carbocycles. The van der Waals surface area contributed by atoms with E-state index in [0.29, 0.717) is 5.92 Å². The van der Waals surface area contributed by atoms with Gasteiger partial charge in [-0.2, -0.15) is 0 Å². The minimum atomic E-state index is 0.0337. The molecule has 1 amide bonds. The molecule has 0 spiro atoms. The highest BCUT2D eigenvalue weighted by molar-refractivity contribution is 9.09. The van der Waals surface area contributed by atoms with Gasteiger partial charge in [-0.3, -0.25) is 4.79 Å². The molecule has 1 aromatic rings. The van der Waals surface area contributed by atoms with Crippen LogP contribution >= 0.6 is 27.7 Å². The van der Waals surface area contributed by atoms with Crippen LogP contribution in [0, 0.1) is 5.92 Å². The highest BCUT2D eigenvalue weighted by Gasteiger charge is 2.09. The highest BCUT2D eigenvalue weighted by atomic mass is 79.9. The first-order valence-corrected chi connectivity index (χ1v) is 8.50. The molecular formula is C14H20BrNOS. The molecule has 0 aromatic heterocycles. The lowest BCUT2D eigenvalue weighted by atomic mass is 10.1. The SMILES string of the molecule is CSc1ccccc1C(=O)NCCCC(C)CBr. The van der Waals surface area contributed by atoms with Crippen molar-refractivity contribution in [2.75, 3.05) is 18.1 Å². The molecule has 0 heterocycles. The number of carbonyl (C=O) groups is 1. The Balaban J connectivity index is 2.41. The minimum Gasteiger partial charge on any atom is -0.352 e. The summed E-state index contributed by atoms with van der Waals surface area (Å²) in [6, 6.07) is 7.72. The number of nitrogens with one attached hydrogen (secondary N) is 1. The van der Waals surface area contributed by atoms with Crippen molar-refractivity contribution in [3.05, 3.63) is 29.8 Å². The summed E-state index contributed by atoms with van der Waals surface area (Å²) in [7, 11) is 0. The van der Waals surface area contributed by atoms with Crippen LogP contribution in [0.2, 0.25) is 0 Å². The van der Waals surface area contributed by atoms with Gasteiger partial charge in [0.2, 0.25) is 0 Å². The number of thioether (sulfide) groups is 1. The van der Waals surface area contributed by atoms with Gasteiger partial charge in [-0.15, -0.1) is 11.8 Å². The Kier molecular flexibility index (Phi) is 7.44. The minimum absolute atomic E-state index is 0.0337. The topological polar surface area (TPSA) is 29.1 Å². The fraction of sp³-hybridized carbons (Fsp3) is 0.500. The number of amides is 1. The first kappa shape index (κ1) is 15.6. The van der Waals surface area contributed by atoms with Gasteiger partial charge in [0.05, 0.1) is 5.56 Å². The summed E-state index contributed by atoms with van der Waals surface area (Å²) in [5, 5.41) is 4.01. The van der Waals surface area contributed by atoms with E-state index in [-0.39, 0.29) is 5.91 Å². The number of hydrogen-bond donors (Lipinski definition) is 1. The standard InChI is InChI=1S/C14H20BrNOS/c1-11(10-15)6-5-9-16-14(17)12-7-3-4-8-13(12)18-2/h3-4,7-8,11H,5-6,9-10H2,1-2H3,(H,16,17). The lowest BCUT2D eigenvalue weighted by molar-refractivity contribution is 0.0949. The molecule has 1 rings (SSSR count). The van der Waals surface area contributed by atoms with E-state index in [1.54, 1.807) is 11.8 Å². The van der Waals surface area contributed by atoms with Crippen LogP contribution in [0.15, 0.2) is 29.2 Å². The zero-order valence-electron chi connectivity index (χ0n) is 10.9. The van der Waals surface area contributed by atoms with Crippen molar-refractivity contribution >= 4 is 33.6 Å². The van der Waals surface area contributed by atoms with E-state index in [0.717, 1.165) is 35.2 Å². The second-order valence-corrected chi connectivity index (χ2v) is 5.85. The first-order chi connectivity index (χ1) is 8.69. The lowest BCUT2D eigenvalue weighted by Crippen LogP contribution is -2.25. The third-order valence-corrected chi connectivity index (χ3v) is 4.68. The number of rotatable bonds is 7. The van der Waals surface area contributed by atoms with Crippen molar-refractivity contribution in [3.8, 4) is 0 Å². The second-order valence-electron chi connectivity index (χ2n) is 4.36. The third-order valence-electron chi connectivity index (χ3n) is 2.77. The fourth-order valence-corrected chi connectivity index (χ4v) is 2.58. The Labute approximate surface area is 122 Å². The Morgan fingerprint density at radius 3 is 2.83 bits per heavy atom. The van der Waals surface area contributed by atoms with E-state index in [4.69, 9.17) is 0 Å². The average molecular weight is 330 g/mol. The van der Waals surface area contributed by atoms with Crippen molar-refractivity contribution in [1.29, 1.82) is 0 Å². The zero-order valence-corrected chi connectivity index (χ0v) is 13.3. The van der Waals surface area contributed by atoms with Crippen LogP contribution in [0.25, 0.3) is 0 Å². The predicted octanol–water partition coefficient (Wildman–Crippen LogP) is 3.95. The van der Waals surface area contributed by atoms with E-state index in [1.807, 2.05) is 30.5 Å². The molecule has 0 bridgehead atoms. The quantitative estimate of drug-likeness (QED) is 0.466. The maximum absolute atomic E-state index is 12.0. The summed E-state index contributed by atoms with van der Waals surface area (Å²) in [4.78, 5) is 13.0. The Morgan fingerprint density at radius 1 is 1.44 bits per heavy atom. The molecule has 18 heavy (non-hydrogen) atoms. The molecular weight excluding hydrogens is 310 g/mol.